The fraction of sp³-hybridized carbons (Fsp3) is 0.235. The number of rotatable bonds is 3. The topological polar surface area (TPSA) is 70.5 Å². The summed E-state index contributed by atoms with van der Waals surface area (Å²) < 4.78 is 0. The molecule has 3 rings (SSSR count). The molecule has 22 heavy (non-hydrogen) atoms. The number of hydrogen-bond acceptors (Lipinski definition) is 3. The monoisotopic (exact) mass is 296 g/mol. The molecule has 112 valence electrons. The van der Waals surface area contributed by atoms with Gasteiger partial charge < -0.3 is 10.0 Å². The summed E-state index contributed by atoms with van der Waals surface area (Å²) in [7, 11) is 0. The number of aromatic nitrogens is 1. The zero-order chi connectivity index (χ0) is 15.5. The van der Waals surface area contributed by atoms with Crippen molar-refractivity contribution in [1.29, 1.82) is 0 Å². The minimum atomic E-state index is -0.946. The molecule has 1 aromatic carbocycles. The van der Waals surface area contributed by atoms with Gasteiger partial charge in [0, 0.05) is 24.5 Å². The molecule has 0 radical (unpaired) electrons. The Bertz CT molecular complexity index is 700. The van der Waals surface area contributed by atoms with Gasteiger partial charge in [0.15, 0.2) is 0 Å². The van der Waals surface area contributed by atoms with Crippen molar-refractivity contribution < 1.29 is 14.7 Å². The zero-order valence-corrected chi connectivity index (χ0v) is 12.0. The lowest BCUT2D eigenvalue weighted by Gasteiger charge is -2.21. The largest absolute Gasteiger partial charge is 0.480 e. The second-order valence-corrected chi connectivity index (χ2v) is 5.32. The molecule has 1 atom stereocenters. The SMILES string of the molecule is O=C(O)C1CCCN1C(=O)c1cncc(-c2ccccc2)c1. The highest BCUT2D eigenvalue weighted by atomic mass is 16.4. The van der Waals surface area contributed by atoms with Crippen LogP contribution in [0.3, 0.4) is 0 Å². The van der Waals surface area contributed by atoms with Gasteiger partial charge in [-0.25, -0.2) is 4.79 Å². The predicted molar refractivity (Wildman–Crippen MR) is 81.4 cm³/mol. The molecule has 5 heteroatoms. The lowest BCUT2D eigenvalue weighted by molar-refractivity contribution is -0.141. The van der Waals surface area contributed by atoms with E-state index in [1.165, 1.54) is 11.1 Å². The molecule has 0 aliphatic carbocycles. The number of carboxylic acids is 1. The van der Waals surface area contributed by atoms with Gasteiger partial charge in [0.1, 0.15) is 6.04 Å². The van der Waals surface area contributed by atoms with Crippen molar-refractivity contribution in [2.24, 2.45) is 0 Å². The number of carbonyl (C=O) groups is 2. The zero-order valence-electron chi connectivity index (χ0n) is 12.0. The summed E-state index contributed by atoms with van der Waals surface area (Å²) >= 11 is 0. The Hall–Kier alpha value is -2.69. The van der Waals surface area contributed by atoms with Crippen LogP contribution in [-0.2, 0) is 4.79 Å². The van der Waals surface area contributed by atoms with Crippen molar-refractivity contribution in [3.63, 3.8) is 0 Å². The fourth-order valence-electron chi connectivity index (χ4n) is 2.78. The van der Waals surface area contributed by atoms with E-state index in [2.05, 4.69) is 4.98 Å². The van der Waals surface area contributed by atoms with Crippen molar-refractivity contribution in [2.45, 2.75) is 18.9 Å². The molecule has 1 unspecified atom stereocenters. The lowest BCUT2D eigenvalue weighted by Crippen LogP contribution is -2.40. The van der Waals surface area contributed by atoms with Gasteiger partial charge in [-0.3, -0.25) is 9.78 Å². The van der Waals surface area contributed by atoms with E-state index in [1.807, 2.05) is 30.3 Å². The second-order valence-electron chi connectivity index (χ2n) is 5.32. The van der Waals surface area contributed by atoms with Crippen LogP contribution in [0.2, 0.25) is 0 Å². The summed E-state index contributed by atoms with van der Waals surface area (Å²) in [5.41, 5.74) is 2.24. The van der Waals surface area contributed by atoms with Gasteiger partial charge in [-0.2, -0.15) is 0 Å². The number of pyridine rings is 1. The van der Waals surface area contributed by atoms with Crippen LogP contribution in [-0.4, -0.2) is 39.5 Å². The first-order valence-electron chi connectivity index (χ1n) is 7.21. The number of hydrogen-bond donors (Lipinski definition) is 1. The molecule has 2 aromatic rings. The van der Waals surface area contributed by atoms with Crippen molar-refractivity contribution in [3.05, 3.63) is 54.4 Å². The van der Waals surface area contributed by atoms with Gasteiger partial charge in [-0.05, 0) is 24.5 Å². The Morgan fingerprint density at radius 1 is 1.14 bits per heavy atom. The van der Waals surface area contributed by atoms with Gasteiger partial charge in [-0.15, -0.1) is 0 Å². The van der Waals surface area contributed by atoms with E-state index in [-0.39, 0.29) is 5.91 Å². The van der Waals surface area contributed by atoms with Crippen LogP contribution in [0.1, 0.15) is 23.2 Å². The van der Waals surface area contributed by atoms with E-state index >= 15 is 0 Å². The Kier molecular flexibility index (Phi) is 3.87. The molecule has 1 saturated heterocycles. The molecule has 1 amide bonds. The third-order valence-corrected chi connectivity index (χ3v) is 3.89. The third-order valence-electron chi connectivity index (χ3n) is 3.89. The third kappa shape index (κ3) is 2.70. The molecule has 0 spiro atoms. The normalized spacial score (nSPS) is 17.5. The molecular weight excluding hydrogens is 280 g/mol. The highest BCUT2D eigenvalue weighted by Crippen LogP contribution is 2.23. The van der Waals surface area contributed by atoms with Gasteiger partial charge in [-0.1, -0.05) is 30.3 Å². The molecule has 0 bridgehead atoms. The number of benzene rings is 1. The summed E-state index contributed by atoms with van der Waals surface area (Å²) in [6, 6.07) is 10.7. The molecule has 1 aliphatic heterocycles. The summed E-state index contributed by atoms with van der Waals surface area (Å²) in [6.07, 6.45) is 4.41. The van der Waals surface area contributed by atoms with Crippen LogP contribution in [0.5, 0.6) is 0 Å². The Labute approximate surface area is 128 Å². The number of carbonyl (C=O) groups excluding carboxylic acids is 1. The smallest absolute Gasteiger partial charge is 0.326 e. The van der Waals surface area contributed by atoms with Crippen LogP contribution in [0.15, 0.2) is 48.8 Å². The Balaban J connectivity index is 1.89. The number of carboxylic acid groups (broad SMARTS) is 1. The molecule has 1 aromatic heterocycles. The number of amides is 1. The Morgan fingerprint density at radius 3 is 2.64 bits per heavy atom. The van der Waals surface area contributed by atoms with Crippen LogP contribution < -0.4 is 0 Å². The fourth-order valence-corrected chi connectivity index (χ4v) is 2.78. The van der Waals surface area contributed by atoms with E-state index in [4.69, 9.17) is 0 Å². The average molecular weight is 296 g/mol. The maximum atomic E-state index is 12.6. The van der Waals surface area contributed by atoms with Crippen LogP contribution in [0.4, 0.5) is 0 Å². The summed E-state index contributed by atoms with van der Waals surface area (Å²) in [5.74, 6) is -1.21. The van der Waals surface area contributed by atoms with Gasteiger partial charge in [0.25, 0.3) is 5.91 Å². The van der Waals surface area contributed by atoms with Crippen molar-refractivity contribution in [1.82, 2.24) is 9.88 Å². The van der Waals surface area contributed by atoms with Crippen LogP contribution >= 0.6 is 0 Å². The van der Waals surface area contributed by atoms with Crippen molar-refractivity contribution in [2.75, 3.05) is 6.54 Å². The van der Waals surface area contributed by atoms with Crippen LogP contribution in [0.25, 0.3) is 11.1 Å². The number of aliphatic carboxylic acids is 1. The molecule has 0 saturated carbocycles. The maximum Gasteiger partial charge on any atom is 0.326 e. The van der Waals surface area contributed by atoms with Gasteiger partial charge >= 0.3 is 5.97 Å². The minimum Gasteiger partial charge on any atom is -0.480 e. The van der Waals surface area contributed by atoms with E-state index in [1.54, 1.807) is 12.3 Å². The first kappa shape index (κ1) is 14.3. The maximum absolute atomic E-state index is 12.6. The van der Waals surface area contributed by atoms with Crippen LogP contribution in [0, 0.1) is 0 Å². The van der Waals surface area contributed by atoms with Gasteiger partial charge in [0.05, 0.1) is 5.56 Å². The first-order chi connectivity index (χ1) is 10.7. The predicted octanol–water partition coefficient (Wildman–Crippen LogP) is 2.44. The van der Waals surface area contributed by atoms with E-state index < -0.39 is 12.0 Å². The molecular formula is C17H16N2O3. The standard InChI is InChI=1S/C17H16N2O3/c20-16(19-8-4-7-15(19)17(21)22)14-9-13(10-18-11-14)12-5-2-1-3-6-12/h1-3,5-6,9-11,15H,4,7-8H2,(H,21,22). The van der Waals surface area contributed by atoms with E-state index in [9.17, 15) is 14.7 Å². The summed E-state index contributed by atoms with van der Waals surface area (Å²) in [4.78, 5) is 29.3. The molecule has 1 fully saturated rings. The summed E-state index contributed by atoms with van der Waals surface area (Å²) in [6.45, 7) is 0.478. The minimum absolute atomic E-state index is 0.268. The number of likely N-dealkylation sites (tertiary alicyclic amines) is 1. The molecule has 1 aliphatic rings. The highest BCUT2D eigenvalue weighted by molar-refractivity contribution is 5.97. The Morgan fingerprint density at radius 2 is 1.91 bits per heavy atom. The second kappa shape index (κ2) is 5.97. The molecule has 1 N–H and O–H groups in total. The van der Waals surface area contributed by atoms with E-state index in [0.717, 1.165) is 11.1 Å². The van der Waals surface area contributed by atoms with Crippen molar-refractivity contribution in [3.8, 4) is 11.1 Å². The lowest BCUT2D eigenvalue weighted by atomic mass is 10.1. The van der Waals surface area contributed by atoms with E-state index in [0.29, 0.717) is 24.9 Å². The van der Waals surface area contributed by atoms with Crippen molar-refractivity contribution >= 4 is 11.9 Å². The molecule has 2 heterocycles. The average Bonchev–Trinajstić information content (AvgIpc) is 3.05. The quantitative estimate of drug-likeness (QED) is 0.944. The van der Waals surface area contributed by atoms with Gasteiger partial charge in [0.2, 0.25) is 0 Å². The highest BCUT2D eigenvalue weighted by Gasteiger charge is 2.34. The summed E-state index contributed by atoms with van der Waals surface area (Å²) in [5, 5.41) is 9.20. The molecule has 5 nitrogen and oxygen atoms in total. The first-order valence-corrected chi connectivity index (χ1v) is 7.21. The number of nitrogens with zero attached hydrogens (tertiary/aromatic N) is 2.